The third-order valence-corrected chi connectivity index (χ3v) is 7.85. The molecule has 0 saturated carbocycles. The third-order valence-electron chi connectivity index (χ3n) is 5.98. The molecular formula is C24H32N2O7S. The van der Waals surface area contributed by atoms with Crippen LogP contribution in [-0.4, -0.2) is 61.9 Å². The molecule has 186 valence electrons. The van der Waals surface area contributed by atoms with Gasteiger partial charge in [-0.25, -0.2) is 8.42 Å². The molecule has 1 aromatic carbocycles. The zero-order valence-corrected chi connectivity index (χ0v) is 20.3. The Kier molecular flexibility index (Phi) is 8.12. The summed E-state index contributed by atoms with van der Waals surface area (Å²) < 4.78 is 49.5. The molecule has 2 aliphatic rings. The molecule has 1 fully saturated rings. The van der Waals surface area contributed by atoms with Crippen LogP contribution >= 0.6 is 0 Å². The van der Waals surface area contributed by atoms with Crippen LogP contribution < -0.4 is 9.47 Å². The standard InChI is InChI=1S/C24H32N2O7S/c1-2-3-12-34(28,29)26(16-21-7-5-11-31-21)17-24(27)25(15-20-6-4-10-30-20)14-19-8-9-22-23(13-19)33-18-32-22/h4,6,8-10,13,21H,2-3,5,7,11-12,14-18H2,1H3. The number of unbranched alkanes of at least 4 members (excludes halogenated alkanes) is 1. The second-order valence-electron chi connectivity index (χ2n) is 8.61. The van der Waals surface area contributed by atoms with Gasteiger partial charge in [0.25, 0.3) is 0 Å². The van der Waals surface area contributed by atoms with E-state index in [9.17, 15) is 13.2 Å². The number of amides is 1. The first kappa shape index (κ1) is 24.6. The predicted molar refractivity (Wildman–Crippen MR) is 125 cm³/mol. The summed E-state index contributed by atoms with van der Waals surface area (Å²) in [5.74, 6) is 1.63. The van der Waals surface area contributed by atoms with Crippen molar-refractivity contribution < 1.29 is 31.8 Å². The van der Waals surface area contributed by atoms with Crippen molar-refractivity contribution >= 4 is 15.9 Å². The Morgan fingerprint density at radius 3 is 2.74 bits per heavy atom. The molecule has 1 aromatic heterocycles. The maximum absolute atomic E-state index is 13.5. The van der Waals surface area contributed by atoms with Gasteiger partial charge in [-0.3, -0.25) is 4.79 Å². The molecule has 1 unspecified atom stereocenters. The minimum atomic E-state index is -3.60. The Morgan fingerprint density at radius 2 is 2.00 bits per heavy atom. The fourth-order valence-electron chi connectivity index (χ4n) is 4.08. The first-order chi connectivity index (χ1) is 16.4. The molecule has 2 aliphatic heterocycles. The Hall–Kier alpha value is -2.56. The smallest absolute Gasteiger partial charge is 0.238 e. The highest BCUT2D eigenvalue weighted by molar-refractivity contribution is 7.89. The normalized spacial score (nSPS) is 17.4. The van der Waals surface area contributed by atoms with Crippen molar-refractivity contribution in [3.63, 3.8) is 0 Å². The summed E-state index contributed by atoms with van der Waals surface area (Å²) in [6.45, 7) is 3.19. The monoisotopic (exact) mass is 492 g/mol. The van der Waals surface area contributed by atoms with Crippen molar-refractivity contribution in [2.75, 3.05) is 32.2 Å². The molecule has 0 N–H and O–H groups in total. The zero-order valence-electron chi connectivity index (χ0n) is 19.5. The van der Waals surface area contributed by atoms with Gasteiger partial charge < -0.3 is 23.5 Å². The molecule has 1 saturated heterocycles. The number of carbonyl (C=O) groups is 1. The van der Waals surface area contributed by atoms with Gasteiger partial charge >= 0.3 is 0 Å². The first-order valence-electron chi connectivity index (χ1n) is 11.7. The molecule has 1 atom stereocenters. The number of nitrogens with zero attached hydrogens (tertiary/aromatic N) is 2. The maximum Gasteiger partial charge on any atom is 0.238 e. The number of furan rings is 1. The number of carbonyl (C=O) groups excluding carboxylic acids is 1. The predicted octanol–water partition coefficient (Wildman–Crippen LogP) is 3.15. The Morgan fingerprint density at radius 1 is 1.15 bits per heavy atom. The second-order valence-corrected chi connectivity index (χ2v) is 10.7. The van der Waals surface area contributed by atoms with Gasteiger partial charge in [-0.15, -0.1) is 0 Å². The fourth-order valence-corrected chi connectivity index (χ4v) is 5.69. The molecule has 0 bridgehead atoms. The van der Waals surface area contributed by atoms with Crippen molar-refractivity contribution in [2.45, 2.75) is 51.8 Å². The highest BCUT2D eigenvalue weighted by Crippen LogP contribution is 2.33. The molecule has 34 heavy (non-hydrogen) atoms. The van der Waals surface area contributed by atoms with Gasteiger partial charge in [0.15, 0.2) is 11.5 Å². The molecule has 10 heteroatoms. The van der Waals surface area contributed by atoms with E-state index in [0.29, 0.717) is 30.3 Å². The van der Waals surface area contributed by atoms with E-state index in [-0.39, 0.29) is 50.7 Å². The summed E-state index contributed by atoms with van der Waals surface area (Å²) in [5, 5.41) is 0. The van der Waals surface area contributed by atoms with Crippen molar-refractivity contribution in [3.8, 4) is 11.5 Å². The molecule has 3 heterocycles. The summed E-state index contributed by atoms with van der Waals surface area (Å²) in [6.07, 6.45) is 4.37. The highest BCUT2D eigenvalue weighted by Gasteiger charge is 2.31. The topological polar surface area (TPSA) is 98.5 Å². The van der Waals surface area contributed by atoms with Crippen LogP contribution in [-0.2, 0) is 32.6 Å². The van der Waals surface area contributed by atoms with Gasteiger partial charge in [-0.05, 0) is 49.1 Å². The van der Waals surface area contributed by atoms with Crippen LogP contribution in [0.15, 0.2) is 41.0 Å². The molecule has 0 aliphatic carbocycles. The zero-order chi connectivity index (χ0) is 24.0. The Bertz CT molecular complexity index is 1050. The second kappa shape index (κ2) is 11.2. The van der Waals surface area contributed by atoms with Crippen molar-refractivity contribution in [1.29, 1.82) is 0 Å². The molecule has 2 aromatic rings. The van der Waals surface area contributed by atoms with Crippen molar-refractivity contribution in [3.05, 3.63) is 47.9 Å². The van der Waals surface area contributed by atoms with Gasteiger partial charge in [-0.1, -0.05) is 19.4 Å². The lowest BCUT2D eigenvalue weighted by Crippen LogP contribution is -2.46. The lowest BCUT2D eigenvalue weighted by atomic mass is 10.2. The summed E-state index contributed by atoms with van der Waals surface area (Å²) >= 11 is 0. The number of benzene rings is 1. The van der Waals surface area contributed by atoms with Gasteiger partial charge in [0.2, 0.25) is 22.7 Å². The highest BCUT2D eigenvalue weighted by atomic mass is 32.2. The quantitative estimate of drug-likeness (QED) is 0.449. The number of hydrogen-bond donors (Lipinski definition) is 0. The third kappa shape index (κ3) is 6.31. The summed E-state index contributed by atoms with van der Waals surface area (Å²) in [7, 11) is -3.60. The van der Waals surface area contributed by atoms with Crippen molar-refractivity contribution in [1.82, 2.24) is 9.21 Å². The molecule has 0 radical (unpaired) electrons. The summed E-state index contributed by atoms with van der Waals surface area (Å²) in [4.78, 5) is 15.1. The van der Waals surface area contributed by atoms with Crippen molar-refractivity contribution in [2.24, 2.45) is 0 Å². The van der Waals surface area contributed by atoms with Gasteiger partial charge in [-0.2, -0.15) is 4.31 Å². The van der Waals surface area contributed by atoms with Crippen LogP contribution in [0.3, 0.4) is 0 Å². The average molecular weight is 493 g/mol. The number of ether oxygens (including phenoxy) is 3. The number of sulfonamides is 1. The summed E-state index contributed by atoms with van der Waals surface area (Å²) in [6, 6.07) is 9.08. The average Bonchev–Trinajstić information content (AvgIpc) is 3.59. The van der Waals surface area contributed by atoms with Crippen LogP contribution in [0.2, 0.25) is 0 Å². The van der Waals surface area contributed by atoms with Crippen LogP contribution in [0.25, 0.3) is 0 Å². The number of rotatable bonds is 12. The molecule has 1 amide bonds. The van der Waals surface area contributed by atoms with Crippen LogP contribution in [0.4, 0.5) is 0 Å². The Labute approximate surface area is 200 Å². The first-order valence-corrected chi connectivity index (χ1v) is 13.3. The van der Waals surface area contributed by atoms with E-state index in [1.54, 1.807) is 23.3 Å². The summed E-state index contributed by atoms with van der Waals surface area (Å²) in [5.41, 5.74) is 0.851. The number of hydrogen-bond acceptors (Lipinski definition) is 7. The SMILES string of the molecule is CCCCS(=O)(=O)N(CC(=O)N(Cc1ccc2c(c1)OCO2)Cc1ccco1)CC1CCCO1. The fraction of sp³-hybridized carbons (Fsp3) is 0.542. The van der Waals surface area contributed by atoms with E-state index in [4.69, 9.17) is 18.6 Å². The van der Waals surface area contributed by atoms with Crippen LogP contribution in [0, 0.1) is 0 Å². The lowest BCUT2D eigenvalue weighted by molar-refractivity contribution is -0.133. The van der Waals surface area contributed by atoms with E-state index >= 15 is 0 Å². The molecule has 0 spiro atoms. The van der Waals surface area contributed by atoms with E-state index in [1.165, 1.54) is 4.31 Å². The maximum atomic E-state index is 13.5. The minimum Gasteiger partial charge on any atom is -0.467 e. The van der Waals surface area contributed by atoms with E-state index < -0.39 is 10.0 Å². The Balaban J connectivity index is 1.52. The number of fused-ring (bicyclic) bond motifs is 1. The lowest BCUT2D eigenvalue weighted by Gasteiger charge is -2.28. The van der Waals surface area contributed by atoms with Gasteiger partial charge in [0, 0.05) is 19.7 Å². The van der Waals surface area contributed by atoms with E-state index in [1.807, 2.05) is 25.1 Å². The van der Waals surface area contributed by atoms with Crippen LogP contribution in [0.1, 0.15) is 43.9 Å². The largest absolute Gasteiger partial charge is 0.467 e. The minimum absolute atomic E-state index is 0.0177. The van der Waals surface area contributed by atoms with E-state index in [2.05, 4.69) is 0 Å². The van der Waals surface area contributed by atoms with Crippen LogP contribution in [0.5, 0.6) is 11.5 Å². The molecular weight excluding hydrogens is 460 g/mol. The molecule has 4 rings (SSSR count). The molecule has 9 nitrogen and oxygen atoms in total. The van der Waals surface area contributed by atoms with Gasteiger partial charge in [0.1, 0.15) is 5.76 Å². The van der Waals surface area contributed by atoms with Gasteiger partial charge in [0.05, 0.1) is 31.2 Å². The van der Waals surface area contributed by atoms with E-state index in [0.717, 1.165) is 24.8 Å².